The lowest BCUT2D eigenvalue weighted by molar-refractivity contribution is 0.176. The van der Waals surface area contributed by atoms with Gasteiger partial charge >= 0.3 is 0 Å². The molecule has 0 aliphatic rings. The number of nitrogens with zero attached hydrogens (tertiary/aromatic N) is 1. The largest absolute Gasteiger partial charge is 0.385 e. The van der Waals surface area contributed by atoms with Gasteiger partial charge in [-0.25, -0.2) is 4.99 Å². The summed E-state index contributed by atoms with van der Waals surface area (Å²) in [5.74, 6) is 0. The Labute approximate surface area is 67.3 Å². The second kappa shape index (κ2) is 4.56. The maximum absolute atomic E-state index is 4.90. The Kier molecular flexibility index (Phi) is 4.45. The fraction of sp³-hybridized carbons (Fsp3) is 0.857. The molecule has 0 heterocycles. The van der Waals surface area contributed by atoms with Crippen LogP contribution in [0.1, 0.15) is 20.3 Å². The zero-order valence-corrected chi connectivity index (χ0v) is 7.49. The lowest BCUT2D eigenvalue weighted by Gasteiger charge is -2.16. The number of rotatable bonds is 4. The average molecular weight is 159 g/mol. The molecule has 0 aromatic rings. The predicted molar refractivity (Wildman–Crippen MR) is 45.6 cm³/mol. The Morgan fingerprint density at radius 3 is 2.60 bits per heavy atom. The molecule has 0 atom stereocenters. The number of hydrogen-bond donors (Lipinski definition) is 0. The first-order chi connectivity index (χ1) is 4.62. The van der Waals surface area contributed by atoms with E-state index in [1.807, 2.05) is 13.8 Å². The minimum absolute atomic E-state index is 0.113. The molecule has 0 bridgehead atoms. The van der Waals surface area contributed by atoms with Gasteiger partial charge in [0.05, 0.1) is 10.7 Å². The minimum atomic E-state index is -0.113. The van der Waals surface area contributed by atoms with Crippen molar-refractivity contribution >= 4 is 17.4 Å². The molecular formula is C7H13NOS. The topological polar surface area (TPSA) is 21.6 Å². The fourth-order valence-electron chi connectivity index (χ4n) is 0.531. The molecule has 0 fully saturated rings. The van der Waals surface area contributed by atoms with E-state index in [1.165, 1.54) is 0 Å². The first kappa shape index (κ1) is 9.76. The van der Waals surface area contributed by atoms with E-state index in [9.17, 15) is 0 Å². The zero-order chi connectivity index (χ0) is 8.04. The Morgan fingerprint density at radius 2 is 2.20 bits per heavy atom. The van der Waals surface area contributed by atoms with Crippen molar-refractivity contribution in [2.75, 3.05) is 13.7 Å². The summed E-state index contributed by atoms with van der Waals surface area (Å²) in [5, 5.41) is 2.37. The summed E-state index contributed by atoms with van der Waals surface area (Å²) in [5.41, 5.74) is -0.113. The third kappa shape index (κ3) is 4.62. The number of isothiocyanates is 1. The molecule has 58 valence electrons. The SMILES string of the molecule is COCCC(C)(C)N=C=S. The van der Waals surface area contributed by atoms with Crippen molar-refractivity contribution in [1.82, 2.24) is 0 Å². The molecule has 0 aromatic carbocycles. The van der Waals surface area contributed by atoms with Crippen molar-refractivity contribution in [3.8, 4) is 0 Å². The van der Waals surface area contributed by atoms with Gasteiger partial charge in [-0.05, 0) is 32.5 Å². The molecule has 0 unspecified atom stereocenters. The van der Waals surface area contributed by atoms with Crippen LogP contribution in [0.2, 0.25) is 0 Å². The van der Waals surface area contributed by atoms with E-state index in [4.69, 9.17) is 4.74 Å². The Balaban J connectivity index is 3.74. The first-order valence-electron chi connectivity index (χ1n) is 3.20. The van der Waals surface area contributed by atoms with Crippen LogP contribution in [-0.2, 0) is 4.74 Å². The van der Waals surface area contributed by atoms with Gasteiger partial charge in [0, 0.05) is 13.7 Å². The standard InChI is InChI=1S/C7H13NOS/c1-7(2,8-6-10)4-5-9-3/h4-5H2,1-3H3. The summed E-state index contributed by atoms with van der Waals surface area (Å²) in [6, 6.07) is 0. The van der Waals surface area contributed by atoms with Crippen molar-refractivity contribution < 1.29 is 4.74 Å². The molecular weight excluding hydrogens is 146 g/mol. The van der Waals surface area contributed by atoms with E-state index in [0.29, 0.717) is 6.61 Å². The lowest BCUT2D eigenvalue weighted by atomic mass is 10.0. The summed E-state index contributed by atoms with van der Waals surface area (Å²) in [6.07, 6.45) is 0.882. The number of methoxy groups -OCH3 is 1. The molecule has 2 nitrogen and oxygen atoms in total. The molecule has 0 aromatic heterocycles. The molecule has 0 rings (SSSR count). The van der Waals surface area contributed by atoms with Gasteiger partial charge in [-0.1, -0.05) is 0 Å². The Bertz CT molecular complexity index is 139. The van der Waals surface area contributed by atoms with E-state index in [0.717, 1.165) is 6.42 Å². The molecule has 10 heavy (non-hydrogen) atoms. The monoisotopic (exact) mass is 159 g/mol. The molecule has 0 N–H and O–H groups in total. The molecule has 0 spiro atoms. The van der Waals surface area contributed by atoms with Crippen LogP contribution in [0.3, 0.4) is 0 Å². The molecule has 0 aliphatic heterocycles. The Hall–Kier alpha value is -0.240. The smallest absolute Gasteiger partial charge is 0.0676 e. The minimum Gasteiger partial charge on any atom is -0.385 e. The van der Waals surface area contributed by atoms with Crippen molar-refractivity contribution in [2.45, 2.75) is 25.8 Å². The third-order valence-corrected chi connectivity index (χ3v) is 1.36. The second-order valence-electron chi connectivity index (χ2n) is 2.76. The number of aliphatic imine (C=N–C) groups is 1. The molecule has 0 saturated carbocycles. The van der Waals surface area contributed by atoms with Crippen molar-refractivity contribution in [3.05, 3.63) is 0 Å². The van der Waals surface area contributed by atoms with Gasteiger partial charge in [0.25, 0.3) is 0 Å². The zero-order valence-electron chi connectivity index (χ0n) is 6.68. The summed E-state index contributed by atoms with van der Waals surface area (Å²) in [6.45, 7) is 4.73. The maximum Gasteiger partial charge on any atom is 0.0676 e. The van der Waals surface area contributed by atoms with Gasteiger partial charge in [0.15, 0.2) is 0 Å². The number of ether oxygens (including phenoxy) is 1. The van der Waals surface area contributed by atoms with Crippen LogP contribution < -0.4 is 0 Å². The van der Waals surface area contributed by atoms with Crippen molar-refractivity contribution in [3.63, 3.8) is 0 Å². The van der Waals surface area contributed by atoms with Crippen LogP contribution in [0, 0.1) is 0 Å². The van der Waals surface area contributed by atoms with Gasteiger partial charge in [0.1, 0.15) is 0 Å². The molecule has 0 aliphatic carbocycles. The van der Waals surface area contributed by atoms with Gasteiger partial charge in [-0.15, -0.1) is 0 Å². The van der Waals surface area contributed by atoms with Gasteiger partial charge < -0.3 is 4.74 Å². The molecule has 0 saturated heterocycles. The van der Waals surface area contributed by atoms with Crippen LogP contribution in [-0.4, -0.2) is 24.4 Å². The second-order valence-corrected chi connectivity index (χ2v) is 2.94. The third-order valence-electron chi connectivity index (χ3n) is 1.27. The van der Waals surface area contributed by atoms with Crippen LogP contribution in [0.4, 0.5) is 0 Å². The van der Waals surface area contributed by atoms with Crippen LogP contribution in [0.15, 0.2) is 4.99 Å². The van der Waals surface area contributed by atoms with E-state index >= 15 is 0 Å². The van der Waals surface area contributed by atoms with E-state index < -0.39 is 0 Å². The van der Waals surface area contributed by atoms with Crippen LogP contribution >= 0.6 is 12.2 Å². The quantitative estimate of drug-likeness (QED) is 0.461. The number of hydrogen-bond acceptors (Lipinski definition) is 3. The molecule has 3 heteroatoms. The highest BCUT2D eigenvalue weighted by molar-refractivity contribution is 7.78. The summed E-state index contributed by atoms with van der Waals surface area (Å²) in [4.78, 5) is 3.98. The van der Waals surface area contributed by atoms with Crippen molar-refractivity contribution in [1.29, 1.82) is 0 Å². The van der Waals surface area contributed by atoms with Crippen molar-refractivity contribution in [2.24, 2.45) is 4.99 Å². The summed E-state index contributed by atoms with van der Waals surface area (Å²) in [7, 11) is 1.68. The highest BCUT2D eigenvalue weighted by Gasteiger charge is 2.14. The van der Waals surface area contributed by atoms with Crippen LogP contribution in [0.25, 0.3) is 0 Å². The average Bonchev–Trinajstić information content (AvgIpc) is 1.84. The van der Waals surface area contributed by atoms with Gasteiger partial charge in [0.2, 0.25) is 0 Å². The lowest BCUT2D eigenvalue weighted by Crippen LogP contribution is -2.18. The molecule has 0 amide bonds. The fourth-order valence-corrected chi connectivity index (χ4v) is 0.778. The number of thiocarbonyl (C=S) groups is 1. The highest BCUT2D eigenvalue weighted by atomic mass is 32.1. The summed E-state index contributed by atoms with van der Waals surface area (Å²) < 4.78 is 4.90. The predicted octanol–water partition coefficient (Wildman–Crippen LogP) is 1.90. The van der Waals surface area contributed by atoms with Gasteiger partial charge in [-0.3, -0.25) is 0 Å². The van der Waals surface area contributed by atoms with E-state index in [1.54, 1.807) is 7.11 Å². The van der Waals surface area contributed by atoms with E-state index in [-0.39, 0.29) is 5.54 Å². The Morgan fingerprint density at radius 1 is 1.60 bits per heavy atom. The normalized spacial score (nSPS) is 10.7. The molecule has 0 radical (unpaired) electrons. The summed E-state index contributed by atoms with van der Waals surface area (Å²) >= 11 is 4.49. The highest BCUT2D eigenvalue weighted by Crippen LogP contribution is 2.12. The first-order valence-corrected chi connectivity index (χ1v) is 3.61. The van der Waals surface area contributed by atoms with Crippen LogP contribution in [0.5, 0.6) is 0 Å². The van der Waals surface area contributed by atoms with Gasteiger partial charge in [-0.2, -0.15) is 0 Å². The van der Waals surface area contributed by atoms with E-state index in [2.05, 4.69) is 22.4 Å². The maximum atomic E-state index is 4.90.